The second kappa shape index (κ2) is 9.12. The van der Waals surface area contributed by atoms with Gasteiger partial charge in [0.2, 0.25) is 5.91 Å². The van der Waals surface area contributed by atoms with E-state index < -0.39 is 17.3 Å². The summed E-state index contributed by atoms with van der Waals surface area (Å²) in [5.74, 6) is -1.15. The molecule has 6 rings (SSSR count). The maximum absolute atomic E-state index is 14.1. The first-order chi connectivity index (χ1) is 18.5. The van der Waals surface area contributed by atoms with E-state index in [4.69, 9.17) is 11.6 Å². The minimum absolute atomic E-state index is 0.141. The molecule has 8 nitrogen and oxygen atoms in total. The first-order valence-corrected chi connectivity index (χ1v) is 13.4. The van der Waals surface area contributed by atoms with Crippen LogP contribution in [0.3, 0.4) is 0 Å². The fourth-order valence-corrected chi connectivity index (χ4v) is 5.99. The summed E-state index contributed by atoms with van der Waals surface area (Å²) in [6.45, 7) is 6.53. The highest BCUT2D eigenvalue weighted by molar-refractivity contribution is 6.31. The first kappa shape index (κ1) is 25.4. The van der Waals surface area contributed by atoms with Crippen LogP contribution >= 0.6 is 11.6 Å². The van der Waals surface area contributed by atoms with E-state index in [0.717, 1.165) is 10.9 Å². The number of H-pyrrole nitrogens is 2. The largest absolute Gasteiger partial charge is 0.350 e. The lowest BCUT2D eigenvalue weighted by Gasteiger charge is -2.39. The van der Waals surface area contributed by atoms with Crippen LogP contribution in [0.25, 0.3) is 21.8 Å². The number of amides is 3. The number of carbonyl (C=O) groups excluding carboxylic acids is 3. The molecule has 2 aliphatic rings. The lowest BCUT2D eigenvalue weighted by molar-refractivity contribution is -0.138. The predicted octanol–water partition coefficient (Wildman–Crippen LogP) is 4.71. The van der Waals surface area contributed by atoms with Crippen molar-refractivity contribution in [2.24, 2.45) is 5.41 Å². The van der Waals surface area contributed by atoms with Gasteiger partial charge in [0.15, 0.2) is 0 Å². The van der Waals surface area contributed by atoms with Crippen molar-refractivity contribution in [1.82, 2.24) is 25.1 Å². The number of nitrogens with zero attached hydrogens (tertiary/aromatic N) is 2. The number of halogens is 2. The van der Waals surface area contributed by atoms with Crippen molar-refractivity contribution in [3.8, 4) is 0 Å². The lowest BCUT2D eigenvalue weighted by Crippen LogP contribution is -2.59. The summed E-state index contributed by atoms with van der Waals surface area (Å²) in [6, 6.07) is 12.4. The molecule has 2 bridgehead atoms. The molecule has 0 unspecified atom stereocenters. The number of rotatable bonds is 4. The Balaban J connectivity index is 1.17. The van der Waals surface area contributed by atoms with E-state index in [1.54, 1.807) is 46.2 Å². The third-order valence-corrected chi connectivity index (χ3v) is 8.07. The maximum Gasteiger partial charge on any atom is 0.270 e. The van der Waals surface area contributed by atoms with Crippen LogP contribution < -0.4 is 5.32 Å². The number of piperazine rings is 1. The van der Waals surface area contributed by atoms with Crippen LogP contribution in [0.2, 0.25) is 5.02 Å². The molecular formula is C29H29ClFN5O3. The van der Waals surface area contributed by atoms with Crippen molar-refractivity contribution < 1.29 is 18.8 Å². The van der Waals surface area contributed by atoms with Gasteiger partial charge < -0.3 is 25.1 Å². The molecule has 3 atom stereocenters. The maximum atomic E-state index is 14.1. The second-order valence-corrected chi connectivity index (χ2v) is 12.0. The molecule has 2 aromatic heterocycles. The van der Waals surface area contributed by atoms with E-state index in [1.165, 1.54) is 6.07 Å². The molecule has 202 valence electrons. The predicted molar refractivity (Wildman–Crippen MR) is 147 cm³/mol. The quantitative estimate of drug-likeness (QED) is 0.343. The van der Waals surface area contributed by atoms with Crippen LogP contribution in [-0.4, -0.2) is 68.7 Å². The molecule has 2 fully saturated rings. The van der Waals surface area contributed by atoms with Gasteiger partial charge in [-0.05, 0) is 42.2 Å². The Kier molecular flexibility index (Phi) is 5.95. The topological polar surface area (TPSA) is 101 Å². The summed E-state index contributed by atoms with van der Waals surface area (Å²) in [6.07, 6.45) is 0.666. The van der Waals surface area contributed by atoms with Crippen molar-refractivity contribution in [3.63, 3.8) is 0 Å². The number of aromatic amines is 2. The molecule has 2 saturated heterocycles. The molecule has 3 amide bonds. The van der Waals surface area contributed by atoms with Gasteiger partial charge in [-0.15, -0.1) is 0 Å². The van der Waals surface area contributed by atoms with Gasteiger partial charge >= 0.3 is 0 Å². The van der Waals surface area contributed by atoms with E-state index >= 15 is 0 Å². The zero-order chi connectivity index (χ0) is 27.6. The second-order valence-electron chi connectivity index (χ2n) is 11.6. The van der Waals surface area contributed by atoms with Crippen molar-refractivity contribution in [3.05, 3.63) is 70.8 Å². The van der Waals surface area contributed by atoms with Gasteiger partial charge in [0.25, 0.3) is 11.8 Å². The molecule has 3 N–H and O–H groups in total. The summed E-state index contributed by atoms with van der Waals surface area (Å²) in [5.41, 5.74) is 1.19. The van der Waals surface area contributed by atoms with Gasteiger partial charge in [0.1, 0.15) is 23.2 Å². The molecule has 0 aliphatic carbocycles. The molecule has 0 saturated carbocycles. The summed E-state index contributed by atoms with van der Waals surface area (Å²) < 4.78 is 14.1. The van der Waals surface area contributed by atoms with Crippen LogP contribution in [0.15, 0.2) is 48.5 Å². The summed E-state index contributed by atoms with van der Waals surface area (Å²) in [4.78, 5) is 49.8. The lowest BCUT2D eigenvalue weighted by atomic mass is 9.85. The van der Waals surface area contributed by atoms with Crippen molar-refractivity contribution >= 4 is 51.1 Å². The fourth-order valence-electron chi connectivity index (χ4n) is 5.82. The Morgan fingerprint density at radius 1 is 0.974 bits per heavy atom. The van der Waals surface area contributed by atoms with Crippen molar-refractivity contribution in [1.29, 1.82) is 0 Å². The minimum atomic E-state index is -0.764. The smallest absolute Gasteiger partial charge is 0.270 e. The Labute approximate surface area is 229 Å². The number of fused-ring (bicyclic) bond motifs is 4. The molecule has 0 radical (unpaired) electrons. The number of benzene rings is 2. The Morgan fingerprint density at radius 2 is 1.69 bits per heavy atom. The first-order valence-electron chi connectivity index (χ1n) is 13.0. The number of likely N-dealkylation sites (tertiary alicyclic amines) is 2. The third-order valence-electron chi connectivity index (χ3n) is 7.84. The molecule has 39 heavy (non-hydrogen) atoms. The number of carbonyl (C=O) groups is 3. The standard InChI is InChI=1S/C29H29ClFN5O3/c1-29(2,3)25(34-26(37)22-9-15-7-8-17(30)11-21(15)32-22)28(39)36-14-18-12-19(36)13-35(18)27(38)23-10-16-5-4-6-20(31)24(16)33-23/h4-11,18-19,25,32-33H,12-14H2,1-3H3,(H,34,37)/t18-,19-,25+/m0/s1. The molecular weight excluding hydrogens is 521 g/mol. The Bertz CT molecular complexity index is 1640. The normalized spacial score (nSPS) is 19.7. The average Bonchev–Trinajstić information content (AvgIpc) is 3.67. The SMILES string of the molecule is CC(C)(C)[C@H](NC(=O)c1cc2ccc(Cl)cc2[nH]1)C(=O)N1C[C@@H]2C[C@H]1CN2C(=O)c1cc2cccc(F)c2[nH]1. The number of hydrogen-bond acceptors (Lipinski definition) is 3. The van der Waals surface area contributed by atoms with Crippen molar-refractivity contribution in [2.45, 2.75) is 45.3 Å². The molecule has 4 heterocycles. The summed E-state index contributed by atoms with van der Waals surface area (Å²) in [5, 5.41) is 5.00. The van der Waals surface area contributed by atoms with Gasteiger partial charge in [0.05, 0.1) is 17.6 Å². The van der Waals surface area contributed by atoms with Gasteiger partial charge in [-0.1, -0.05) is 50.6 Å². The van der Waals surface area contributed by atoms with Crippen LogP contribution in [0.4, 0.5) is 4.39 Å². The van der Waals surface area contributed by atoms with Crippen LogP contribution in [-0.2, 0) is 4.79 Å². The zero-order valence-corrected chi connectivity index (χ0v) is 22.6. The molecule has 2 aliphatic heterocycles. The van der Waals surface area contributed by atoms with E-state index in [9.17, 15) is 18.8 Å². The Hall–Kier alpha value is -3.85. The van der Waals surface area contributed by atoms with Gasteiger partial charge in [-0.2, -0.15) is 0 Å². The number of nitrogens with one attached hydrogen (secondary N) is 3. The Morgan fingerprint density at radius 3 is 2.38 bits per heavy atom. The molecule has 0 spiro atoms. The fraction of sp³-hybridized carbons (Fsp3) is 0.345. The van der Waals surface area contributed by atoms with E-state index in [2.05, 4.69) is 15.3 Å². The highest BCUT2D eigenvalue weighted by Gasteiger charge is 2.50. The highest BCUT2D eigenvalue weighted by atomic mass is 35.5. The van der Waals surface area contributed by atoms with Gasteiger partial charge in [0, 0.05) is 34.4 Å². The number of para-hydroxylation sites is 1. The molecule has 2 aromatic carbocycles. The summed E-state index contributed by atoms with van der Waals surface area (Å²) in [7, 11) is 0. The van der Waals surface area contributed by atoms with Crippen LogP contribution in [0.5, 0.6) is 0 Å². The molecule has 10 heteroatoms. The summed E-state index contributed by atoms with van der Waals surface area (Å²) >= 11 is 6.07. The minimum Gasteiger partial charge on any atom is -0.350 e. The molecule has 4 aromatic rings. The monoisotopic (exact) mass is 549 g/mol. The zero-order valence-electron chi connectivity index (χ0n) is 21.8. The van der Waals surface area contributed by atoms with E-state index in [0.29, 0.717) is 46.8 Å². The van der Waals surface area contributed by atoms with Gasteiger partial charge in [-0.3, -0.25) is 14.4 Å². The average molecular weight is 550 g/mol. The van der Waals surface area contributed by atoms with Gasteiger partial charge in [-0.25, -0.2) is 4.39 Å². The van der Waals surface area contributed by atoms with Crippen LogP contribution in [0.1, 0.15) is 48.2 Å². The van der Waals surface area contributed by atoms with Crippen LogP contribution in [0, 0.1) is 11.2 Å². The third kappa shape index (κ3) is 4.44. The van der Waals surface area contributed by atoms with E-state index in [-0.39, 0.29) is 29.8 Å². The van der Waals surface area contributed by atoms with Crippen molar-refractivity contribution in [2.75, 3.05) is 13.1 Å². The number of aromatic nitrogens is 2. The number of hydrogen-bond donors (Lipinski definition) is 3. The van der Waals surface area contributed by atoms with E-state index in [1.807, 2.05) is 26.8 Å². The highest BCUT2D eigenvalue weighted by Crippen LogP contribution is 2.34.